The predicted octanol–water partition coefficient (Wildman–Crippen LogP) is 1.91. The van der Waals surface area contributed by atoms with Crippen molar-refractivity contribution in [2.45, 2.75) is 32.6 Å². The van der Waals surface area contributed by atoms with E-state index in [0.29, 0.717) is 13.0 Å². The van der Waals surface area contributed by atoms with Crippen LogP contribution in [0, 0.1) is 5.92 Å². The lowest BCUT2D eigenvalue weighted by Crippen LogP contribution is -2.15. The molecule has 3 nitrogen and oxygen atoms in total. The molecule has 0 aromatic carbocycles. The third-order valence-corrected chi connectivity index (χ3v) is 1.93. The fourth-order valence-electron chi connectivity index (χ4n) is 1.10. The molecular weight excluding hydrogens is 156 g/mol. The van der Waals surface area contributed by atoms with Crippen LogP contribution in [-0.2, 0) is 9.53 Å². The van der Waals surface area contributed by atoms with Gasteiger partial charge < -0.3 is 9.84 Å². The molecule has 0 rings (SSSR count). The average molecular weight is 174 g/mol. The topological polar surface area (TPSA) is 46.5 Å². The van der Waals surface area contributed by atoms with Crippen molar-refractivity contribution in [3.8, 4) is 0 Å². The Morgan fingerprint density at radius 3 is 2.58 bits per heavy atom. The third kappa shape index (κ3) is 5.13. The van der Waals surface area contributed by atoms with E-state index in [-0.39, 0.29) is 5.92 Å². The summed E-state index contributed by atoms with van der Waals surface area (Å²) < 4.78 is 4.84. The Bertz CT molecular complexity index is 115. The third-order valence-electron chi connectivity index (χ3n) is 1.93. The summed E-state index contributed by atoms with van der Waals surface area (Å²) in [5.74, 6) is -0.912. The number of carboxylic acids is 1. The van der Waals surface area contributed by atoms with Crippen molar-refractivity contribution >= 4 is 5.97 Å². The Balaban J connectivity index is 3.62. The summed E-state index contributed by atoms with van der Waals surface area (Å²) in [6.45, 7) is 2.61. The Kier molecular flexibility index (Phi) is 6.76. The van der Waals surface area contributed by atoms with Crippen LogP contribution >= 0.6 is 0 Å². The maximum atomic E-state index is 10.7. The summed E-state index contributed by atoms with van der Waals surface area (Å²) in [6, 6.07) is 0. The van der Waals surface area contributed by atoms with E-state index in [4.69, 9.17) is 9.84 Å². The maximum absolute atomic E-state index is 10.7. The Morgan fingerprint density at radius 1 is 1.50 bits per heavy atom. The molecule has 0 spiro atoms. The second kappa shape index (κ2) is 7.10. The zero-order valence-electron chi connectivity index (χ0n) is 7.88. The molecule has 0 saturated heterocycles. The second-order valence-corrected chi connectivity index (χ2v) is 2.96. The highest BCUT2D eigenvalue weighted by atomic mass is 16.5. The summed E-state index contributed by atoms with van der Waals surface area (Å²) in [5.41, 5.74) is 0. The minimum Gasteiger partial charge on any atom is -0.481 e. The van der Waals surface area contributed by atoms with Crippen LogP contribution in [0.15, 0.2) is 0 Å². The monoisotopic (exact) mass is 174 g/mol. The fraction of sp³-hybridized carbons (Fsp3) is 0.889. The molecule has 0 fully saturated rings. The summed E-state index contributed by atoms with van der Waals surface area (Å²) in [5, 5.41) is 8.77. The number of aliphatic carboxylic acids is 1. The predicted molar refractivity (Wildman–Crippen MR) is 47.1 cm³/mol. The van der Waals surface area contributed by atoms with Gasteiger partial charge in [-0.15, -0.1) is 0 Å². The van der Waals surface area contributed by atoms with Gasteiger partial charge in [0.1, 0.15) is 0 Å². The zero-order valence-corrected chi connectivity index (χ0v) is 7.88. The molecule has 0 saturated carbocycles. The largest absolute Gasteiger partial charge is 0.481 e. The lowest BCUT2D eigenvalue weighted by Gasteiger charge is -2.10. The number of hydrogen-bond acceptors (Lipinski definition) is 2. The molecule has 1 N–H and O–H groups in total. The van der Waals surface area contributed by atoms with Gasteiger partial charge in [0, 0.05) is 13.7 Å². The van der Waals surface area contributed by atoms with Gasteiger partial charge in [-0.25, -0.2) is 0 Å². The highest BCUT2D eigenvalue weighted by Gasteiger charge is 2.15. The van der Waals surface area contributed by atoms with Crippen molar-refractivity contribution in [3.63, 3.8) is 0 Å². The van der Waals surface area contributed by atoms with Gasteiger partial charge >= 0.3 is 5.97 Å². The van der Waals surface area contributed by atoms with Crippen LogP contribution in [0.3, 0.4) is 0 Å². The molecule has 0 aliphatic heterocycles. The molecule has 3 heteroatoms. The first-order valence-corrected chi connectivity index (χ1v) is 4.44. The molecule has 0 aliphatic carbocycles. The molecule has 1 unspecified atom stereocenters. The molecule has 72 valence electrons. The van der Waals surface area contributed by atoms with E-state index < -0.39 is 5.97 Å². The molecule has 0 aliphatic rings. The van der Waals surface area contributed by atoms with Gasteiger partial charge in [0.05, 0.1) is 5.92 Å². The van der Waals surface area contributed by atoms with Crippen LogP contribution in [0.2, 0.25) is 0 Å². The highest BCUT2D eigenvalue weighted by Crippen LogP contribution is 2.12. The van der Waals surface area contributed by atoms with E-state index in [0.717, 1.165) is 19.3 Å². The number of ether oxygens (including phenoxy) is 1. The van der Waals surface area contributed by atoms with Gasteiger partial charge in [-0.3, -0.25) is 4.79 Å². The van der Waals surface area contributed by atoms with E-state index in [1.165, 1.54) is 0 Å². The minimum absolute atomic E-state index is 0.218. The molecule has 12 heavy (non-hydrogen) atoms. The summed E-state index contributed by atoms with van der Waals surface area (Å²) >= 11 is 0. The van der Waals surface area contributed by atoms with Crippen LogP contribution in [0.1, 0.15) is 32.6 Å². The van der Waals surface area contributed by atoms with Crippen LogP contribution in [0.5, 0.6) is 0 Å². The van der Waals surface area contributed by atoms with E-state index in [2.05, 4.69) is 6.92 Å². The Morgan fingerprint density at radius 2 is 2.17 bits per heavy atom. The molecular formula is C9H18O3. The SMILES string of the molecule is CCCCC(CCOC)C(=O)O. The van der Waals surface area contributed by atoms with E-state index in [9.17, 15) is 4.79 Å². The van der Waals surface area contributed by atoms with Crippen LogP contribution in [0.25, 0.3) is 0 Å². The van der Waals surface area contributed by atoms with Crippen molar-refractivity contribution in [1.82, 2.24) is 0 Å². The van der Waals surface area contributed by atoms with Crippen LogP contribution in [0.4, 0.5) is 0 Å². The van der Waals surface area contributed by atoms with Gasteiger partial charge in [-0.05, 0) is 12.8 Å². The summed E-state index contributed by atoms with van der Waals surface area (Å²) in [4.78, 5) is 10.7. The Labute approximate surface area is 73.7 Å². The number of hydrogen-bond donors (Lipinski definition) is 1. The van der Waals surface area contributed by atoms with Gasteiger partial charge in [-0.2, -0.15) is 0 Å². The lowest BCUT2D eigenvalue weighted by atomic mass is 9.99. The van der Waals surface area contributed by atoms with Crippen LogP contribution < -0.4 is 0 Å². The number of rotatable bonds is 7. The molecule has 0 heterocycles. The van der Waals surface area contributed by atoms with Crippen molar-refractivity contribution < 1.29 is 14.6 Å². The first-order valence-electron chi connectivity index (χ1n) is 4.44. The lowest BCUT2D eigenvalue weighted by molar-refractivity contribution is -0.142. The second-order valence-electron chi connectivity index (χ2n) is 2.96. The standard InChI is InChI=1S/C9H18O3/c1-3-4-5-8(9(10)11)6-7-12-2/h8H,3-7H2,1-2H3,(H,10,11). The van der Waals surface area contributed by atoms with E-state index in [1.807, 2.05) is 0 Å². The molecule has 0 radical (unpaired) electrons. The normalized spacial score (nSPS) is 12.8. The van der Waals surface area contributed by atoms with Gasteiger partial charge in [0.15, 0.2) is 0 Å². The first-order chi connectivity index (χ1) is 5.72. The number of unbranched alkanes of at least 4 members (excludes halogenated alkanes) is 1. The van der Waals surface area contributed by atoms with Gasteiger partial charge in [0.2, 0.25) is 0 Å². The smallest absolute Gasteiger partial charge is 0.306 e. The van der Waals surface area contributed by atoms with E-state index >= 15 is 0 Å². The first kappa shape index (κ1) is 11.4. The quantitative estimate of drug-likeness (QED) is 0.641. The van der Waals surface area contributed by atoms with Gasteiger partial charge in [-0.1, -0.05) is 19.8 Å². The average Bonchev–Trinajstić information content (AvgIpc) is 2.04. The Hall–Kier alpha value is -0.570. The number of carbonyl (C=O) groups is 1. The number of carboxylic acid groups (broad SMARTS) is 1. The van der Waals surface area contributed by atoms with Crippen molar-refractivity contribution in [2.75, 3.05) is 13.7 Å². The molecule has 0 bridgehead atoms. The van der Waals surface area contributed by atoms with Crippen molar-refractivity contribution in [1.29, 1.82) is 0 Å². The van der Waals surface area contributed by atoms with Crippen molar-refractivity contribution in [2.24, 2.45) is 5.92 Å². The van der Waals surface area contributed by atoms with Gasteiger partial charge in [0.25, 0.3) is 0 Å². The maximum Gasteiger partial charge on any atom is 0.306 e. The number of methoxy groups -OCH3 is 1. The molecule has 0 aromatic heterocycles. The van der Waals surface area contributed by atoms with E-state index in [1.54, 1.807) is 7.11 Å². The summed E-state index contributed by atoms with van der Waals surface area (Å²) in [7, 11) is 1.60. The van der Waals surface area contributed by atoms with Crippen molar-refractivity contribution in [3.05, 3.63) is 0 Å². The minimum atomic E-state index is -0.694. The highest BCUT2D eigenvalue weighted by molar-refractivity contribution is 5.69. The van der Waals surface area contributed by atoms with Crippen LogP contribution in [-0.4, -0.2) is 24.8 Å². The molecule has 0 aromatic rings. The molecule has 0 amide bonds. The molecule has 1 atom stereocenters. The fourth-order valence-corrected chi connectivity index (χ4v) is 1.10. The summed E-state index contributed by atoms with van der Waals surface area (Å²) in [6.07, 6.45) is 3.44. The zero-order chi connectivity index (χ0) is 9.40.